The molecule has 3 aromatic rings. The summed E-state index contributed by atoms with van der Waals surface area (Å²) >= 11 is 6.36. The highest BCUT2D eigenvalue weighted by Crippen LogP contribution is 2.31. The fourth-order valence-electron chi connectivity index (χ4n) is 3.25. The Hall–Kier alpha value is -3.63. The molecule has 11 heteroatoms. The molecule has 0 spiro atoms. The molecular formula is C22H25ClN6O4. The second-order valence-electron chi connectivity index (χ2n) is 7.50. The van der Waals surface area contributed by atoms with Crippen molar-refractivity contribution in [3.05, 3.63) is 69.5 Å². The highest BCUT2D eigenvalue weighted by molar-refractivity contribution is 6.33. The van der Waals surface area contributed by atoms with Gasteiger partial charge in [-0.25, -0.2) is 4.98 Å². The van der Waals surface area contributed by atoms with E-state index in [4.69, 9.17) is 17.3 Å². The number of nitrogens with two attached hydrogens (primary N) is 1. The average Bonchev–Trinajstić information content (AvgIpc) is 3.19. The highest BCUT2D eigenvalue weighted by Gasteiger charge is 2.18. The number of rotatable bonds is 10. The van der Waals surface area contributed by atoms with Crippen LogP contribution < -0.4 is 16.4 Å². The standard InChI is InChI=1S/C22H25ClN6O4/c1-14(30)11-26-22(31)17-13-28(12-16(17)15-5-2-3-6-18(15)23)10-4-9-25-20-8-7-19(29(32)33)21(24)27-20/h2-3,5-8,12-14,30H,4,9-11H2,1H3,(H,26,31)(H3,24,25,27)/t14-/m1/s1. The molecule has 33 heavy (non-hydrogen) atoms. The lowest BCUT2D eigenvalue weighted by atomic mass is 10.0. The number of hydrogen-bond acceptors (Lipinski definition) is 7. The molecule has 1 aromatic carbocycles. The largest absolute Gasteiger partial charge is 0.392 e. The molecule has 0 aliphatic rings. The van der Waals surface area contributed by atoms with E-state index in [9.17, 15) is 20.0 Å². The molecule has 0 aliphatic carbocycles. The van der Waals surface area contributed by atoms with Crippen LogP contribution in [0.25, 0.3) is 11.1 Å². The third kappa shape index (κ3) is 6.21. The number of aliphatic hydroxyl groups is 1. The van der Waals surface area contributed by atoms with Gasteiger partial charge in [0.25, 0.3) is 5.91 Å². The number of nitro groups is 1. The Labute approximate surface area is 195 Å². The molecule has 0 unspecified atom stereocenters. The van der Waals surface area contributed by atoms with Crippen LogP contribution in [0.3, 0.4) is 0 Å². The van der Waals surface area contributed by atoms with E-state index < -0.39 is 11.0 Å². The lowest BCUT2D eigenvalue weighted by molar-refractivity contribution is -0.384. The number of aromatic nitrogens is 2. The number of nitrogen functional groups attached to an aromatic ring is 1. The molecule has 174 valence electrons. The van der Waals surface area contributed by atoms with Crippen LogP contribution in [0, 0.1) is 10.1 Å². The maximum Gasteiger partial charge on any atom is 0.311 e. The van der Waals surface area contributed by atoms with E-state index in [0.717, 1.165) is 5.56 Å². The van der Waals surface area contributed by atoms with E-state index >= 15 is 0 Å². The summed E-state index contributed by atoms with van der Waals surface area (Å²) in [6, 6.07) is 10.1. The first kappa shape index (κ1) is 24.0. The van der Waals surface area contributed by atoms with Gasteiger partial charge < -0.3 is 26.0 Å². The van der Waals surface area contributed by atoms with Gasteiger partial charge in [0, 0.05) is 54.2 Å². The zero-order valence-corrected chi connectivity index (χ0v) is 18.7. The molecule has 0 saturated heterocycles. The topological polar surface area (TPSA) is 148 Å². The number of pyridine rings is 1. The molecule has 0 radical (unpaired) electrons. The number of aryl methyl sites for hydroxylation is 1. The van der Waals surface area contributed by atoms with Crippen molar-refractivity contribution in [3.8, 4) is 11.1 Å². The third-order valence-electron chi connectivity index (χ3n) is 4.85. The fraction of sp³-hybridized carbons (Fsp3) is 0.273. The molecule has 5 N–H and O–H groups in total. The Bertz CT molecular complexity index is 1150. The SMILES string of the molecule is C[C@@H](O)CNC(=O)c1cn(CCCNc2ccc([N+](=O)[O-])c(N)n2)cc1-c1ccccc1Cl. The van der Waals surface area contributed by atoms with E-state index in [1.54, 1.807) is 19.2 Å². The summed E-state index contributed by atoms with van der Waals surface area (Å²) in [5.74, 6) is 0.00134. The maximum atomic E-state index is 12.7. The lowest BCUT2D eigenvalue weighted by Crippen LogP contribution is -2.30. The smallest absolute Gasteiger partial charge is 0.311 e. The summed E-state index contributed by atoms with van der Waals surface area (Å²) in [7, 11) is 0. The molecule has 0 saturated carbocycles. The Balaban J connectivity index is 1.69. The number of carbonyl (C=O) groups excluding carboxylic acids is 1. The van der Waals surface area contributed by atoms with Crippen molar-refractivity contribution in [3.63, 3.8) is 0 Å². The number of benzene rings is 1. The van der Waals surface area contributed by atoms with Crippen molar-refractivity contribution in [2.45, 2.75) is 26.0 Å². The van der Waals surface area contributed by atoms with Crippen molar-refractivity contribution < 1.29 is 14.8 Å². The second-order valence-corrected chi connectivity index (χ2v) is 7.91. The number of amides is 1. The van der Waals surface area contributed by atoms with E-state index in [2.05, 4.69) is 15.6 Å². The highest BCUT2D eigenvalue weighted by atomic mass is 35.5. The van der Waals surface area contributed by atoms with Crippen LogP contribution in [-0.4, -0.2) is 44.7 Å². The number of aliphatic hydroxyl groups excluding tert-OH is 1. The quantitative estimate of drug-likeness (QED) is 0.201. The molecule has 3 rings (SSSR count). The molecule has 1 amide bonds. The van der Waals surface area contributed by atoms with Gasteiger partial charge in [0.05, 0.1) is 16.6 Å². The van der Waals surface area contributed by atoms with Crippen molar-refractivity contribution in [1.29, 1.82) is 0 Å². The summed E-state index contributed by atoms with van der Waals surface area (Å²) in [6.45, 7) is 2.87. The Morgan fingerprint density at radius 3 is 2.70 bits per heavy atom. The third-order valence-corrected chi connectivity index (χ3v) is 5.17. The van der Waals surface area contributed by atoms with Crippen LogP contribution in [0.1, 0.15) is 23.7 Å². The van der Waals surface area contributed by atoms with E-state index in [1.807, 2.05) is 29.0 Å². The first-order chi connectivity index (χ1) is 15.8. The Morgan fingerprint density at radius 2 is 2.03 bits per heavy atom. The van der Waals surface area contributed by atoms with Crippen LogP contribution >= 0.6 is 11.6 Å². The predicted octanol–water partition coefficient (Wildman–Crippen LogP) is 3.31. The lowest BCUT2D eigenvalue weighted by Gasteiger charge is -2.08. The van der Waals surface area contributed by atoms with Crippen LogP contribution in [0.4, 0.5) is 17.3 Å². The number of nitrogens with one attached hydrogen (secondary N) is 2. The van der Waals surface area contributed by atoms with Gasteiger partial charge in [-0.2, -0.15) is 0 Å². The Morgan fingerprint density at radius 1 is 1.27 bits per heavy atom. The van der Waals surface area contributed by atoms with Crippen LogP contribution in [0.5, 0.6) is 0 Å². The summed E-state index contributed by atoms with van der Waals surface area (Å²) in [4.78, 5) is 27.0. The van der Waals surface area contributed by atoms with Crippen LogP contribution in [-0.2, 0) is 6.54 Å². The molecule has 1 atom stereocenters. The van der Waals surface area contributed by atoms with Crippen molar-refractivity contribution in [2.75, 3.05) is 24.1 Å². The van der Waals surface area contributed by atoms with Gasteiger partial charge in [-0.15, -0.1) is 0 Å². The normalized spacial score (nSPS) is 11.7. The minimum atomic E-state index is -0.659. The van der Waals surface area contributed by atoms with Gasteiger partial charge in [0.15, 0.2) is 0 Å². The van der Waals surface area contributed by atoms with Gasteiger partial charge in [-0.1, -0.05) is 29.8 Å². The summed E-state index contributed by atoms with van der Waals surface area (Å²) in [5.41, 5.74) is 7.28. The maximum absolute atomic E-state index is 12.7. The summed E-state index contributed by atoms with van der Waals surface area (Å²) in [6.07, 6.45) is 3.64. The zero-order valence-electron chi connectivity index (χ0n) is 18.0. The molecule has 0 aliphatic heterocycles. The molecule has 0 fully saturated rings. The molecule has 0 bridgehead atoms. The first-order valence-corrected chi connectivity index (χ1v) is 10.7. The van der Waals surface area contributed by atoms with E-state index in [0.29, 0.717) is 41.5 Å². The number of nitrogens with zero attached hydrogens (tertiary/aromatic N) is 3. The van der Waals surface area contributed by atoms with E-state index in [-0.39, 0.29) is 24.0 Å². The Kier molecular flexibility index (Phi) is 7.86. The fourth-order valence-corrected chi connectivity index (χ4v) is 3.48. The molecule has 2 heterocycles. The van der Waals surface area contributed by atoms with Gasteiger partial charge in [-0.3, -0.25) is 14.9 Å². The van der Waals surface area contributed by atoms with Crippen LogP contribution in [0.15, 0.2) is 48.8 Å². The van der Waals surface area contributed by atoms with Gasteiger partial charge in [-0.05, 0) is 25.5 Å². The van der Waals surface area contributed by atoms with Crippen molar-refractivity contribution in [2.24, 2.45) is 0 Å². The number of halogens is 1. The molecular weight excluding hydrogens is 448 g/mol. The monoisotopic (exact) mass is 472 g/mol. The average molecular weight is 473 g/mol. The predicted molar refractivity (Wildman–Crippen MR) is 127 cm³/mol. The number of hydrogen-bond donors (Lipinski definition) is 4. The van der Waals surface area contributed by atoms with Gasteiger partial charge in [0.2, 0.25) is 5.82 Å². The summed E-state index contributed by atoms with van der Waals surface area (Å²) < 4.78 is 1.90. The molecule has 2 aromatic heterocycles. The number of anilines is 2. The minimum Gasteiger partial charge on any atom is -0.392 e. The van der Waals surface area contributed by atoms with Crippen LogP contribution in [0.2, 0.25) is 5.02 Å². The molecule has 10 nitrogen and oxygen atoms in total. The minimum absolute atomic E-state index is 0.140. The second kappa shape index (κ2) is 10.8. The zero-order chi connectivity index (χ0) is 24.0. The number of carbonyl (C=O) groups is 1. The van der Waals surface area contributed by atoms with Gasteiger partial charge >= 0.3 is 5.69 Å². The van der Waals surface area contributed by atoms with E-state index in [1.165, 1.54) is 12.1 Å². The van der Waals surface area contributed by atoms with Crippen molar-refractivity contribution in [1.82, 2.24) is 14.9 Å². The first-order valence-electron chi connectivity index (χ1n) is 10.3. The van der Waals surface area contributed by atoms with Crippen molar-refractivity contribution >= 4 is 34.8 Å². The summed E-state index contributed by atoms with van der Waals surface area (Å²) in [5, 5.41) is 26.7. The van der Waals surface area contributed by atoms with Gasteiger partial charge in [0.1, 0.15) is 5.82 Å².